The maximum absolute atomic E-state index is 11.5. The Bertz CT molecular complexity index is 205. The van der Waals surface area contributed by atoms with Gasteiger partial charge in [-0.25, -0.2) is 4.79 Å². The minimum absolute atomic E-state index is 0. The molecule has 3 nitrogen and oxygen atoms in total. The van der Waals surface area contributed by atoms with Crippen LogP contribution in [0.4, 0.5) is 0 Å². The van der Waals surface area contributed by atoms with Crippen LogP contribution in [0.5, 0.6) is 0 Å². The molecule has 3 N–H and O–H groups in total. The van der Waals surface area contributed by atoms with Crippen LogP contribution in [0, 0.1) is 5.92 Å². The van der Waals surface area contributed by atoms with E-state index >= 15 is 0 Å². The van der Waals surface area contributed by atoms with Crippen LogP contribution < -0.4 is 6.15 Å². The molecule has 84 valence electrons. The van der Waals surface area contributed by atoms with Crippen molar-refractivity contribution >= 4 is 5.97 Å². The molecule has 1 unspecified atom stereocenters. The van der Waals surface area contributed by atoms with Gasteiger partial charge >= 0.3 is 5.97 Å². The van der Waals surface area contributed by atoms with Crippen molar-refractivity contribution in [1.29, 1.82) is 0 Å². The largest absolute Gasteiger partial charge is 0.463 e. The first-order valence-electron chi connectivity index (χ1n) is 4.89. The van der Waals surface area contributed by atoms with E-state index < -0.39 is 0 Å². The van der Waals surface area contributed by atoms with Gasteiger partial charge in [0.2, 0.25) is 0 Å². The van der Waals surface area contributed by atoms with Gasteiger partial charge in [0.05, 0.1) is 6.61 Å². The molecule has 0 aromatic rings. The molecule has 1 atom stereocenters. The Hall–Kier alpha value is -0.830. The van der Waals surface area contributed by atoms with Crippen LogP contribution in [-0.2, 0) is 9.53 Å². The molecule has 0 heterocycles. The van der Waals surface area contributed by atoms with Gasteiger partial charge in [-0.05, 0) is 33.1 Å². The van der Waals surface area contributed by atoms with Crippen molar-refractivity contribution < 1.29 is 9.53 Å². The third-order valence-electron chi connectivity index (χ3n) is 2.14. The second-order valence-electron chi connectivity index (χ2n) is 3.44. The van der Waals surface area contributed by atoms with Crippen molar-refractivity contribution in [3.05, 3.63) is 11.1 Å². The summed E-state index contributed by atoms with van der Waals surface area (Å²) < 4.78 is 4.99. The summed E-state index contributed by atoms with van der Waals surface area (Å²) in [6.45, 7) is 10.3. The lowest BCUT2D eigenvalue weighted by molar-refractivity contribution is -0.139. The van der Waals surface area contributed by atoms with E-state index in [0.29, 0.717) is 12.5 Å². The molecular weight excluding hydrogens is 178 g/mol. The Morgan fingerprint density at radius 1 is 1.29 bits per heavy atom. The van der Waals surface area contributed by atoms with Gasteiger partial charge in [0.25, 0.3) is 0 Å². The summed E-state index contributed by atoms with van der Waals surface area (Å²) >= 11 is 0. The summed E-state index contributed by atoms with van der Waals surface area (Å²) in [5.74, 6) is 0.140. The zero-order valence-electron chi connectivity index (χ0n) is 10.0. The number of hydrogen-bond donors (Lipinski definition) is 1. The lowest BCUT2D eigenvalue weighted by Gasteiger charge is -2.14. The first-order valence-corrected chi connectivity index (χ1v) is 4.89. The summed E-state index contributed by atoms with van der Waals surface area (Å²) in [5, 5.41) is 0. The monoisotopic (exact) mass is 201 g/mol. The van der Waals surface area contributed by atoms with Crippen molar-refractivity contribution in [2.24, 2.45) is 5.92 Å². The molecule has 0 rings (SSSR count). The average molecular weight is 201 g/mol. The SMILES string of the molecule is CCOC(=O)C(=C(C)C)C(C)CC.N. The van der Waals surface area contributed by atoms with Crippen molar-refractivity contribution in [2.75, 3.05) is 6.61 Å². The molecule has 0 aromatic carbocycles. The molecule has 0 aliphatic carbocycles. The molecule has 3 heteroatoms. The standard InChI is InChI=1S/C11H20O2.H3N/c1-6-9(5)10(8(3)4)11(12)13-7-2;/h9H,6-7H2,1-5H3;1H3. The second-order valence-corrected chi connectivity index (χ2v) is 3.44. The Kier molecular flexibility index (Phi) is 8.44. The molecule has 0 aromatic heterocycles. The topological polar surface area (TPSA) is 61.3 Å². The highest BCUT2D eigenvalue weighted by Crippen LogP contribution is 2.19. The number of rotatable bonds is 4. The molecule has 0 bridgehead atoms. The Morgan fingerprint density at radius 2 is 1.79 bits per heavy atom. The average Bonchev–Trinajstić information content (AvgIpc) is 2.04. The normalized spacial score (nSPS) is 11.2. The summed E-state index contributed by atoms with van der Waals surface area (Å²) in [4.78, 5) is 11.5. The molecule has 0 saturated carbocycles. The van der Waals surface area contributed by atoms with Crippen LogP contribution in [0.3, 0.4) is 0 Å². The maximum atomic E-state index is 11.5. The predicted molar refractivity (Wildman–Crippen MR) is 59.5 cm³/mol. The highest BCUT2D eigenvalue weighted by Gasteiger charge is 2.17. The molecule has 0 aliphatic rings. The van der Waals surface area contributed by atoms with Crippen LogP contribution in [0.15, 0.2) is 11.1 Å². The van der Waals surface area contributed by atoms with Crippen LogP contribution in [0.2, 0.25) is 0 Å². The van der Waals surface area contributed by atoms with Crippen molar-refractivity contribution in [2.45, 2.75) is 41.0 Å². The molecule has 14 heavy (non-hydrogen) atoms. The van der Waals surface area contributed by atoms with E-state index in [1.807, 2.05) is 20.8 Å². The first kappa shape index (κ1) is 15.6. The third-order valence-corrected chi connectivity index (χ3v) is 2.14. The van der Waals surface area contributed by atoms with Gasteiger partial charge in [0, 0.05) is 5.57 Å². The van der Waals surface area contributed by atoms with E-state index in [9.17, 15) is 4.79 Å². The van der Waals surface area contributed by atoms with E-state index in [2.05, 4.69) is 13.8 Å². The fraction of sp³-hybridized carbons (Fsp3) is 0.727. The predicted octanol–water partition coefficient (Wildman–Crippen LogP) is 3.09. The summed E-state index contributed by atoms with van der Waals surface area (Å²) in [6, 6.07) is 0. The van der Waals surface area contributed by atoms with Gasteiger partial charge in [-0.2, -0.15) is 0 Å². The smallest absolute Gasteiger partial charge is 0.334 e. The molecule has 0 saturated heterocycles. The maximum Gasteiger partial charge on any atom is 0.334 e. The zero-order valence-corrected chi connectivity index (χ0v) is 10.0. The number of carbonyl (C=O) groups is 1. The van der Waals surface area contributed by atoms with Crippen LogP contribution in [-0.4, -0.2) is 12.6 Å². The summed E-state index contributed by atoms with van der Waals surface area (Å²) in [6.07, 6.45) is 0.972. The van der Waals surface area contributed by atoms with Gasteiger partial charge in [-0.15, -0.1) is 0 Å². The Labute approximate surface area is 87.1 Å². The summed E-state index contributed by atoms with van der Waals surface area (Å²) in [7, 11) is 0. The fourth-order valence-corrected chi connectivity index (χ4v) is 1.31. The van der Waals surface area contributed by atoms with Crippen LogP contribution in [0.25, 0.3) is 0 Å². The fourth-order valence-electron chi connectivity index (χ4n) is 1.31. The van der Waals surface area contributed by atoms with Gasteiger partial charge in [0.1, 0.15) is 0 Å². The highest BCUT2D eigenvalue weighted by atomic mass is 16.5. The minimum atomic E-state index is -0.156. The molecule has 0 aliphatic heterocycles. The molecule has 0 fully saturated rings. The molecule has 0 amide bonds. The molecule has 0 radical (unpaired) electrons. The number of esters is 1. The van der Waals surface area contributed by atoms with Crippen molar-refractivity contribution in [3.63, 3.8) is 0 Å². The highest BCUT2D eigenvalue weighted by molar-refractivity contribution is 5.89. The van der Waals surface area contributed by atoms with Crippen molar-refractivity contribution in [1.82, 2.24) is 6.15 Å². The molecule has 0 spiro atoms. The van der Waals surface area contributed by atoms with Gasteiger partial charge in [0.15, 0.2) is 0 Å². The second kappa shape index (κ2) is 7.56. The number of ether oxygens (including phenoxy) is 1. The Balaban J connectivity index is 0. The van der Waals surface area contributed by atoms with E-state index in [1.165, 1.54) is 0 Å². The van der Waals surface area contributed by atoms with Crippen molar-refractivity contribution in [3.8, 4) is 0 Å². The van der Waals surface area contributed by atoms with Gasteiger partial charge in [-0.1, -0.05) is 19.4 Å². The zero-order chi connectivity index (χ0) is 10.4. The Morgan fingerprint density at radius 3 is 2.07 bits per heavy atom. The minimum Gasteiger partial charge on any atom is -0.463 e. The van der Waals surface area contributed by atoms with Gasteiger partial charge < -0.3 is 10.9 Å². The van der Waals surface area contributed by atoms with E-state index in [0.717, 1.165) is 17.6 Å². The number of carbonyl (C=O) groups excluding carboxylic acids is 1. The molecular formula is C11H23NO2. The third kappa shape index (κ3) is 4.42. The van der Waals surface area contributed by atoms with Crippen LogP contribution >= 0.6 is 0 Å². The first-order chi connectivity index (χ1) is 6.04. The lowest BCUT2D eigenvalue weighted by Crippen LogP contribution is -2.15. The number of allylic oxidation sites excluding steroid dienone is 1. The number of hydrogen-bond acceptors (Lipinski definition) is 3. The van der Waals surface area contributed by atoms with Crippen LogP contribution in [0.1, 0.15) is 41.0 Å². The summed E-state index contributed by atoms with van der Waals surface area (Å²) in [5.41, 5.74) is 1.90. The lowest BCUT2D eigenvalue weighted by atomic mass is 9.95. The van der Waals surface area contributed by atoms with E-state index in [1.54, 1.807) is 0 Å². The van der Waals surface area contributed by atoms with E-state index in [4.69, 9.17) is 4.74 Å². The quantitative estimate of drug-likeness (QED) is 0.561. The van der Waals surface area contributed by atoms with E-state index in [-0.39, 0.29) is 12.1 Å². The van der Waals surface area contributed by atoms with Gasteiger partial charge in [-0.3, -0.25) is 0 Å².